The third-order valence-corrected chi connectivity index (χ3v) is 4.23. The van der Waals surface area contributed by atoms with E-state index in [1.54, 1.807) is 29.2 Å². The lowest BCUT2D eigenvalue weighted by Crippen LogP contribution is -2.29. The maximum Gasteiger partial charge on any atom is 0.283 e. The number of aromatic nitrogens is 3. The molecule has 2 heterocycles. The van der Waals surface area contributed by atoms with Crippen molar-refractivity contribution in [3.63, 3.8) is 0 Å². The van der Waals surface area contributed by atoms with E-state index in [1.165, 1.54) is 4.68 Å². The number of hydrogen-bond acceptors (Lipinski definition) is 6. The number of nitrogens with zero attached hydrogens (tertiary/aromatic N) is 4. The van der Waals surface area contributed by atoms with Crippen LogP contribution in [0.25, 0.3) is 0 Å². The zero-order valence-corrected chi connectivity index (χ0v) is 13.7. The van der Waals surface area contributed by atoms with Gasteiger partial charge in [0.15, 0.2) is 0 Å². The summed E-state index contributed by atoms with van der Waals surface area (Å²) in [5.74, 6) is 0. The molecule has 0 aliphatic carbocycles. The Hall–Kier alpha value is -1.25. The molecule has 2 rings (SSSR count). The third-order valence-electron chi connectivity index (χ3n) is 2.68. The fraction of sp³-hybridized carbons (Fsp3) is 0.417. The summed E-state index contributed by atoms with van der Waals surface area (Å²) in [4.78, 5) is 19.3. The first-order valence-electron chi connectivity index (χ1n) is 6.09. The lowest BCUT2D eigenvalue weighted by atomic mass is 10.4. The molecule has 0 unspecified atom stereocenters. The van der Waals surface area contributed by atoms with Crippen LogP contribution in [0.15, 0.2) is 27.2 Å². The lowest BCUT2D eigenvalue weighted by Gasteiger charge is -2.12. The second kappa shape index (κ2) is 6.96. The number of rotatable bonds is 6. The van der Waals surface area contributed by atoms with Gasteiger partial charge in [0.1, 0.15) is 4.47 Å². The molecular weight excluding hydrogens is 342 g/mol. The second-order valence-electron chi connectivity index (χ2n) is 4.53. The Morgan fingerprint density at radius 2 is 2.25 bits per heavy atom. The van der Waals surface area contributed by atoms with Gasteiger partial charge in [-0.25, -0.2) is 4.68 Å². The number of hydrogen-bond donors (Lipinski definition) is 1. The first-order valence-corrected chi connectivity index (χ1v) is 7.77. The zero-order chi connectivity index (χ0) is 14.5. The summed E-state index contributed by atoms with van der Waals surface area (Å²) in [7, 11) is 3.93. The highest BCUT2D eigenvalue weighted by Crippen LogP contribution is 2.17. The van der Waals surface area contributed by atoms with E-state index in [4.69, 9.17) is 0 Å². The lowest BCUT2D eigenvalue weighted by molar-refractivity contribution is 0.367. The summed E-state index contributed by atoms with van der Waals surface area (Å²) in [5.41, 5.74) is 2.36. The van der Waals surface area contributed by atoms with E-state index in [9.17, 15) is 4.79 Å². The molecular formula is C12H16BrN5OS. The summed E-state index contributed by atoms with van der Waals surface area (Å²) >= 11 is 4.91. The summed E-state index contributed by atoms with van der Waals surface area (Å²) in [6.45, 7) is 1.97. The van der Waals surface area contributed by atoms with E-state index in [-0.39, 0.29) is 5.56 Å². The topological polar surface area (TPSA) is 63.1 Å². The van der Waals surface area contributed by atoms with E-state index >= 15 is 0 Å². The van der Waals surface area contributed by atoms with Crippen LogP contribution in [0.2, 0.25) is 0 Å². The van der Waals surface area contributed by atoms with E-state index in [1.807, 2.05) is 19.0 Å². The van der Waals surface area contributed by atoms with Gasteiger partial charge in [0.05, 0.1) is 30.5 Å². The molecule has 0 aliphatic rings. The smallest absolute Gasteiger partial charge is 0.283 e. The van der Waals surface area contributed by atoms with Gasteiger partial charge in [0, 0.05) is 17.6 Å². The molecule has 0 bridgehead atoms. The van der Waals surface area contributed by atoms with Gasteiger partial charge in [-0.15, -0.1) is 11.3 Å². The van der Waals surface area contributed by atoms with Crippen molar-refractivity contribution in [1.82, 2.24) is 19.7 Å². The highest BCUT2D eigenvalue weighted by molar-refractivity contribution is 9.10. The summed E-state index contributed by atoms with van der Waals surface area (Å²) in [6, 6.07) is 0. The minimum atomic E-state index is -0.124. The number of anilines is 1. The molecule has 1 N–H and O–H groups in total. The number of thiazole rings is 1. The van der Waals surface area contributed by atoms with Crippen LogP contribution >= 0.6 is 27.3 Å². The molecule has 108 valence electrons. The Morgan fingerprint density at radius 3 is 2.90 bits per heavy atom. The molecule has 0 amide bonds. The molecule has 0 aromatic carbocycles. The van der Waals surface area contributed by atoms with Crippen LogP contribution in [-0.4, -0.2) is 40.3 Å². The zero-order valence-electron chi connectivity index (χ0n) is 11.3. The van der Waals surface area contributed by atoms with Gasteiger partial charge >= 0.3 is 0 Å². The number of halogens is 1. The fourth-order valence-electron chi connectivity index (χ4n) is 1.55. The highest BCUT2D eigenvalue weighted by Gasteiger charge is 2.09. The first kappa shape index (κ1) is 15.1. The summed E-state index contributed by atoms with van der Waals surface area (Å²) < 4.78 is 1.97. The Morgan fingerprint density at radius 1 is 1.45 bits per heavy atom. The van der Waals surface area contributed by atoms with Crippen molar-refractivity contribution in [3.05, 3.63) is 37.6 Å². The molecule has 2 aromatic heterocycles. The van der Waals surface area contributed by atoms with Gasteiger partial charge in [-0.1, -0.05) is 0 Å². The van der Waals surface area contributed by atoms with Gasteiger partial charge in [-0.2, -0.15) is 5.10 Å². The van der Waals surface area contributed by atoms with Crippen molar-refractivity contribution in [2.45, 2.75) is 13.1 Å². The van der Waals surface area contributed by atoms with Gasteiger partial charge in [0.25, 0.3) is 5.56 Å². The minimum absolute atomic E-state index is 0.124. The first-order chi connectivity index (χ1) is 9.58. The van der Waals surface area contributed by atoms with Crippen molar-refractivity contribution in [3.8, 4) is 0 Å². The molecule has 0 aliphatic heterocycles. The maximum absolute atomic E-state index is 12.1. The van der Waals surface area contributed by atoms with Gasteiger partial charge in [-0.05, 0) is 30.0 Å². The third kappa shape index (κ3) is 3.87. The van der Waals surface area contributed by atoms with Crippen LogP contribution in [0, 0.1) is 0 Å². The Labute approximate surface area is 129 Å². The van der Waals surface area contributed by atoms with Crippen molar-refractivity contribution in [1.29, 1.82) is 0 Å². The number of nitrogens with one attached hydrogen (secondary N) is 1. The van der Waals surface area contributed by atoms with Crippen molar-refractivity contribution < 1.29 is 0 Å². The average molecular weight is 358 g/mol. The predicted molar refractivity (Wildman–Crippen MR) is 84.2 cm³/mol. The molecule has 8 heteroatoms. The maximum atomic E-state index is 12.1. The molecule has 0 atom stereocenters. The second-order valence-corrected chi connectivity index (χ2v) is 6.29. The molecule has 2 aromatic rings. The normalized spacial score (nSPS) is 11.0. The highest BCUT2D eigenvalue weighted by atomic mass is 79.9. The average Bonchev–Trinajstić information content (AvgIpc) is 2.92. The fourth-order valence-corrected chi connectivity index (χ4v) is 2.54. The van der Waals surface area contributed by atoms with E-state index < -0.39 is 0 Å². The SMILES string of the molecule is CN(C)CCn1ncc(NCc2cncs2)c(Br)c1=O. The standard InChI is InChI=1S/C12H16BrN5OS/c1-17(2)3-4-18-12(19)11(13)10(7-16-18)15-6-9-5-14-8-20-9/h5,7-8,15H,3-4,6H2,1-2H3. The van der Waals surface area contributed by atoms with Gasteiger partial charge < -0.3 is 10.2 Å². The van der Waals surface area contributed by atoms with Crippen LogP contribution in [-0.2, 0) is 13.1 Å². The van der Waals surface area contributed by atoms with Crippen LogP contribution < -0.4 is 10.9 Å². The molecule has 6 nitrogen and oxygen atoms in total. The summed E-state index contributed by atoms with van der Waals surface area (Å²) in [5, 5.41) is 7.37. The molecule has 0 spiro atoms. The summed E-state index contributed by atoms with van der Waals surface area (Å²) in [6.07, 6.45) is 3.47. The van der Waals surface area contributed by atoms with Gasteiger partial charge in [0.2, 0.25) is 0 Å². The number of likely N-dealkylation sites (N-methyl/N-ethyl adjacent to an activating group) is 1. The van der Waals surface area contributed by atoms with Crippen LogP contribution in [0.1, 0.15) is 4.88 Å². The van der Waals surface area contributed by atoms with Crippen molar-refractivity contribution in [2.75, 3.05) is 26.0 Å². The van der Waals surface area contributed by atoms with Crippen LogP contribution in [0.3, 0.4) is 0 Å². The van der Waals surface area contributed by atoms with Crippen LogP contribution in [0.4, 0.5) is 5.69 Å². The molecule has 0 fully saturated rings. The molecule has 20 heavy (non-hydrogen) atoms. The quantitative estimate of drug-likeness (QED) is 0.851. The largest absolute Gasteiger partial charge is 0.378 e. The van der Waals surface area contributed by atoms with Gasteiger partial charge in [-0.3, -0.25) is 9.78 Å². The molecule has 0 saturated heterocycles. The Balaban J connectivity index is 2.08. The Bertz CT molecular complexity index is 611. The monoisotopic (exact) mass is 357 g/mol. The van der Waals surface area contributed by atoms with E-state index in [0.717, 1.165) is 11.4 Å². The van der Waals surface area contributed by atoms with Crippen molar-refractivity contribution in [2.24, 2.45) is 0 Å². The molecule has 0 saturated carbocycles. The van der Waals surface area contributed by atoms with Crippen LogP contribution in [0.5, 0.6) is 0 Å². The minimum Gasteiger partial charge on any atom is -0.378 e. The van der Waals surface area contributed by atoms with E-state index in [2.05, 4.69) is 31.3 Å². The van der Waals surface area contributed by atoms with Crippen molar-refractivity contribution >= 4 is 33.0 Å². The molecule has 0 radical (unpaired) electrons. The predicted octanol–water partition coefficient (Wildman–Crippen LogP) is 1.64. The van der Waals surface area contributed by atoms with E-state index in [0.29, 0.717) is 23.2 Å². The Kier molecular flexibility index (Phi) is 5.27.